The molecule has 0 bridgehead atoms. The summed E-state index contributed by atoms with van der Waals surface area (Å²) in [7, 11) is 1.44. The lowest BCUT2D eigenvalue weighted by Gasteiger charge is -2.24. The smallest absolute Gasteiger partial charge is 0.462 e. The second kappa shape index (κ2) is 36.1. The summed E-state index contributed by atoms with van der Waals surface area (Å²) < 4.78 is 34.2. The molecule has 1 unspecified atom stereocenters. The van der Waals surface area contributed by atoms with Crippen molar-refractivity contribution in [1.82, 2.24) is 0 Å². The highest BCUT2D eigenvalue weighted by molar-refractivity contribution is 7.47. The van der Waals surface area contributed by atoms with Crippen LogP contribution in [0, 0.1) is 0 Å². The summed E-state index contributed by atoms with van der Waals surface area (Å²) in [5.41, 5.74) is 0. The van der Waals surface area contributed by atoms with Gasteiger partial charge in [-0.25, -0.2) is 4.57 Å². The maximum absolute atomic E-state index is 12.7. The van der Waals surface area contributed by atoms with Gasteiger partial charge in [0, 0.05) is 12.8 Å². The van der Waals surface area contributed by atoms with Crippen LogP contribution in [0.5, 0.6) is 0 Å². The van der Waals surface area contributed by atoms with Gasteiger partial charge < -0.3 is 18.9 Å². The standard InChI is InChI=1S/C44H76NO8P/c1-6-8-10-12-14-16-18-20-22-24-26-28-30-32-34-36-43(46)50-40-42(41-52-54(48,49)51-39-38-45(3,4)5)53-44(47)37-35-33-31-29-27-25-23-21-19-17-15-13-11-9-7-2/h8-11,14-17,20-23,42H,6-7,12-13,18-19,24-41H2,1-5H3/p+1/b10-8-,11-9-,16-14-,17-15-,22-20-,23-21-/t42-/m0/s1. The van der Waals surface area contributed by atoms with Crippen LogP contribution in [0.1, 0.15) is 142 Å². The third-order valence-electron chi connectivity index (χ3n) is 8.23. The molecule has 0 fully saturated rings. The molecule has 0 saturated carbocycles. The Morgan fingerprint density at radius 2 is 1.00 bits per heavy atom. The zero-order valence-corrected chi connectivity index (χ0v) is 35.6. The average molecular weight is 779 g/mol. The number of likely N-dealkylation sites (N-methyl/N-ethyl adjacent to an activating group) is 1. The van der Waals surface area contributed by atoms with E-state index in [0.29, 0.717) is 23.9 Å². The number of ether oxygens (including phenoxy) is 2. The van der Waals surface area contributed by atoms with Crippen molar-refractivity contribution in [2.45, 2.75) is 148 Å². The lowest BCUT2D eigenvalue weighted by atomic mass is 10.1. The van der Waals surface area contributed by atoms with Gasteiger partial charge in [0.2, 0.25) is 0 Å². The highest BCUT2D eigenvalue weighted by atomic mass is 31.2. The van der Waals surface area contributed by atoms with E-state index in [1.54, 1.807) is 0 Å². The van der Waals surface area contributed by atoms with E-state index < -0.39 is 32.5 Å². The first kappa shape index (κ1) is 51.5. The molecule has 1 N–H and O–H groups in total. The van der Waals surface area contributed by atoms with E-state index in [0.717, 1.165) is 103 Å². The number of carbonyl (C=O) groups excluding carboxylic acids is 2. The maximum Gasteiger partial charge on any atom is 0.472 e. The Labute approximate surface area is 329 Å². The van der Waals surface area contributed by atoms with Gasteiger partial charge in [-0.05, 0) is 77.0 Å². The van der Waals surface area contributed by atoms with Gasteiger partial charge in [0.1, 0.15) is 19.8 Å². The Morgan fingerprint density at radius 3 is 1.48 bits per heavy atom. The third kappa shape index (κ3) is 39.2. The van der Waals surface area contributed by atoms with Gasteiger partial charge in [0.15, 0.2) is 6.10 Å². The van der Waals surface area contributed by atoms with Crippen molar-refractivity contribution in [2.75, 3.05) is 47.5 Å². The number of unbranched alkanes of at least 4 members (excludes halogenated alkanes) is 10. The molecule has 0 aliphatic rings. The van der Waals surface area contributed by atoms with Crippen LogP contribution < -0.4 is 0 Å². The Bertz CT molecular complexity index is 1150. The van der Waals surface area contributed by atoms with E-state index in [-0.39, 0.29) is 26.1 Å². The van der Waals surface area contributed by atoms with Crippen LogP contribution >= 0.6 is 7.82 Å². The van der Waals surface area contributed by atoms with Crippen molar-refractivity contribution in [3.8, 4) is 0 Å². The van der Waals surface area contributed by atoms with Crippen molar-refractivity contribution < 1.29 is 42.1 Å². The van der Waals surface area contributed by atoms with Crippen molar-refractivity contribution >= 4 is 19.8 Å². The number of carbonyl (C=O) groups is 2. The monoisotopic (exact) mass is 779 g/mol. The van der Waals surface area contributed by atoms with E-state index in [1.165, 1.54) is 0 Å². The summed E-state index contributed by atoms with van der Waals surface area (Å²) in [6.07, 6.45) is 43.8. The summed E-state index contributed by atoms with van der Waals surface area (Å²) in [6.45, 7) is 4.13. The van der Waals surface area contributed by atoms with Crippen LogP contribution in [-0.4, -0.2) is 74.9 Å². The highest BCUT2D eigenvalue weighted by Gasteiger charge is 2.27. The van der Waals surface area contributed by atoms with Crippen LogP contribution in [0.25, 0.3) is 0 Å². The minimum atomic E-state index is -4.38. The SMILES string of the molecule is CC/C=C\C/C=C\C/C=C\CCCCCCCC(=O)OC[C@@H](COP(=O)(O)OCC[N+](C)(C)C)OC(=O)CCCCCCC/C=C\C/C=C\C/C=C\CC. The molecule has 0 heterocycles. The normalized spacial score (nSPS) is 14.4. The molecule has 10 heteroatoms. The molecule has 0 aromatic rings. The molecule has 2 atom stereocenters. The van der Waals surface area contributed by atoms with E-state index in [2.05, 4.69) is 86.8 Å². The molecule has 0 aliphatic heterocycles. The number of hydrogen-bond donors (Lipinski definition) is 1. The summed E-state index contributed by atoms with van der Waals surface area (Å²) in [6, 6.07) is 0. The fourth-order valence-corrected chi connectivity index (χ4v) is 5.78. The lowest BCUT2D eigenvalue weighted by molar-refractivity contribution is -0.870. The van der Waals surface area contributed by atoms with Crippen LogP contribution in [0.2, 0.25) is 0 Å². The van der Waals surface area contributed by atoms with Crippen molar-refractivity contribution in [3.63, 3.8) is 0 Å². The predicted molar refractivity (Wildman–Crippen MR) is 224 cm³/mol. The molecule has 0 aliphatic carbocycles. The van der Waals surface area contributed by atoms with E-state index in [4.69, 9.17) is 18.5 Å². The number of rotatable bonds is 36. The average Bonchev–Trinajstić information content (AvgIpc) is 3.12. The summed E-state index contributed by atoms with van der Waals surface area (Å²) in [5, 5.41) is 0. The maximum atomic E-state index is 12.7. The van der Waals surface area contributed by atoms with Gasteiger partial charge in [-0.2, -0.15) is 0 Å². The molecule has 0 saturated heterocycles. The highest BCUT2D eigenvalue weighted by Crippen LogP contribution is 2.43. The number of nitrogens with zero attached hydrogens (tertiary/aromatic N) is 1. The second-order valence-corrected chi connectivity index (χ2v) is 16.1. The number of quaternary nitrogens is 1. The first-order valence-corrected chi connectivity index (χ1v) is 22.2. The van der Waals surface area contributed by atoms with Crippen molar-refractivity contribution in [3.05, 3.63) is 72.9 Å². The molecule has 9 nitrogen and oxygen atoms in total. The fourth-order valence-electron chi connectivity index (χ4n) is 5.04. The molecule has 0 aromatic carbocycles. The number of phosphoric acid groups is 1. The molecule has 0 amide bonds. The third-order valence-corrected chi connectivity index (χ3v) is 9.22. The number of allylic oxidation sites excluding steroid dienone is 12. The number of phosphoric ester groups is 1. The summed E-state index contributed by atoms with van der Waals surface area (Å²) in [4.78, 5) is 35.3. The quantitative estimate of drug-likeness (QED) is 0.0220. The van der Waals surface area contributed by atoms with Gasteiger partial charge in [0.25, 0.3) is 0 Å². The Kier molecular flexibility index (Phi) is 34.4. The van der Waals surface area contributed by atoms with E-state index in [1.807, 2.05) is 21.1 Å². The molecule has 310 valence electrons. The van der Waals surface area contributed by atoms with Gasteiger partial charge in [-0.3, -0.25) is 18.6 Å². The van der Waals surface area contributed by atoms with Gasteiger partial charge >= 0.3 is 19.8 Å². The number of esters is 2. The Morgan fingerprint density at radius 1 is 0.574 bits per heavy atom. The van der Waals surface area contributed by atoms with Gasteiger partial charge in [-0.15, -0.1) is 0 Å². The van der Waals surface area contributed by atoms with E-state index >= 15 is 0 Å². The van der Waals surface area contributed by atoms with Crippen LogP contribution in [0.15, 0.2) is 72.9 Å². The van der Waals surface area contributed by atoms with Gasteiger partial charge in [0.05, 0.1) is 27.7 Å². The molecule has 0 rings (SSSR count). The molecule has 0 spiro atoms. The Balaban J connectivity index is 4.47. The second-order valence-electron chi connectivity index (χ2n) is 14.6. The topological polar surface area (TPSA) is 108 Å². The predicted octanol–water partition coefficient (Wildman–Crippen LogP) is 11.5. The van der Waals surface area contributed by atoms with Crippen molar-refractivity contribution in [2.24, 2.45) is 0 Å². The summed E-state index contributed by atoms with van der Waals surface area (Å²) in [5.74, 6) is -0.847. The molecular formula is C44H77NO8P+. The van der Waals surface area contributed by atoms with Crippen LogP contribution in [-0.2, 0) is 32.7 Å². The molecule has 0 radical (unpaired) electrons. The largest absolute Gasteiger partial charge is 0.472 e. The molecule has 0 aromatic heterocycles. The number of hydrogen-bond acceptors (Lipinski definition) is 7. The minimum absolute atomic E-state index is 0.0211. The molecular weight excluding hydrogens is 701 g/mol. The first-order valence-electron chi connectivity index (χ1n) is 20.7. The Hall–Kier alpha value is -2.55. The van der Waals surface area contributed by atoms with E-state index in [9.17, 15) is 19.0 Å². The lowest BCUT2D eigenvalue weighted by Crippen LogP contribution is -2.37. The summed E-state index contributed by atoms with van der Waals surface area (Å²) >= 11 is 0. The fraction of sp³-hybridized carbons (Fsp3) is 0.682. The zero-order valence-electron chi connectivity index (χ0n) is 34.7. The van der Waals surface area contributed by atoms with Crippen molar-refractivity contribution in [1.29, 1.82) is 0 Å². The zero-order chi connectivity index (χ0) is 40.0. The van der Waals surface area contributed by atoms with Gasteiger partial charge in [-0.1, -0.05) is 125 Å². The molecule has 54 heavy (non-hydrogen) atoms. The first-order chi connectivity index (χ1) is 26.0. The minimum Gasteiger partial charge on any atom is -0.462 e. The van der Waals surface area contributed by atoms with Crippen LogP contribution in [0.4, 0.5) is 0 Å². The van der Waals surface area contributed by atoms with Crippen LogP contribution in [0.3, 0.4) is 0 Å².